The van der Waals surface area contributed by atoms with Gasteiger partial charge in [0.1, 0.15) is 0 Å². The monoisotopic (exact) mass is 223 g/mol. The van der Waals surface area contributed by atoms with Crippen LogP contribution in [0, 0.1) is 24.7 Å². The average molecular weight is 223 g/mol. The standard InChI is InChI=1S/C11H10FNOS/c1-8-7-13-11(12)6-10(8)4-3-5-15-9(2)14/h6-7H,5H2,1-2H3. The quantitative estimate of drug-likeness (QED) is 0.540. The van der Waals surface area contributed by atoms with Crippen LogP contribution in [0.4, 0.5) is 4.39 Å². The van der Waals surface area contributed by atoms with Gasteiger partial charge in [-0.3, -0.25) is 4.79 Å². The fourth-order valence-corrected chi connectivity index (χ4v) is 1.25. The van der Waals surface area contributed by atoms with E-state index in [1.165, 1.54) is 19.2 Å². The Labute approximate surface area is 92.3 Å². The first-order valence-electron chi connectivity index (χ1n) is 4.34. The number of carbonyl (C=O) groups is 1. The average Bonchev–Trinajstić information content (AvgIpc) is 2.17. The highest BCUT2D eigenvalue weighted by Crippen LogP contribution is 2.06. The number of aryl methyl sites for hydroxylation is 1. The minimum absolute atomic E-state index is 0.0296. The topological polar surface area (TPSA) is 30.0 Å². The van der Waals surface area contributed by atoms with Crippen molar-refractivity contribution in [3.8, 4) is 11.8 Å². The molecule has 1 rings (SSSR count). The summed E-state index contributed by atoms with van der Waals surface area (Å²) in [7, 11) is 0. The SMILES string of the molecule is CC(=O)SCC#Cc1cc(F)ncc1C. The van der Waals surface area contributed by atoms with Crippen molar-refractivity contribution in [3.63, 3.8) is 0 Å². The van der Waals surface area contributed by atoms with Gasteiger partial charge in [-0.1, -0.05) is 23.6 Å². The molecule has 0 aliphatic rings. The van der Waals surface area contributed by atoms with Gasteiger partial charge in [-0.15, -0.1) is 0 Å². The number of aromatic nitrogens is 1. The highest BCUT2D eigenvalue weighted by Gasteiger charge is 1.97. The van der Waals surface area contributed by atoms with Crippen molar-refractivity contribution in [3.05, 3.63) is 29.3 Å². The third-order valence-electron chi connectivity index (χ3n) is 1.64. The summed E-state index contributed by atoms with van der Waals surface area (Å²) in [5, 5.41) is 0.0296. The number of thioether (sulfide) groups is 1. The molecule has 0 aromatic carbocycles. The lowest BCUT2D eigenvalue weighted by Crippen LogP contribution is -1.89. The minimum Gasteiger partial charge on any atom is -0.288 e. The molecule has 4 heteroatoms. The summed E-state index contributed by atoms with van der Waals surface area (Å²) in [6.45, 7) is 3.30. The van der Waals surface area contributed by atoms with E-state index in [0.29, 0.717) is 11.3 Å². The van der Waals surface area contributed by atoms with Crippen LogP contribution >= 0.6 is 11.8 Å². The lowest BCUT2D eigenvalue weighted by Gasteiger charge is -1.95. The van der Waals surface area contributed by atoms with Crippen molar-refractivity contribution in [2.75, 3.05) is 5.75 Å². The van der Waals surface area contributed by atoms with Crippen LogP contribution in [0.3, 0.4) is 0 Å². The number of hydrogen-bond acceptors (Lipinski definition) is 3. The fraction of sp³-hybridized carbons (Fsp3) is 0.273. The summed E-state index contributed by atoms with van der Waals surface area (Å²) in [4.78, 5) is 14.1. The van der Waals surface area contributed by atoms with E-state index >= 15 is 0 Å². The molecule has 0 spiro atoms. The predicted octanol–water partition coefficient (Wildman–Crippen LogP) is 2.16. The van der Waals surface area contributed by atoms with Gasteiger partial charge < -0.3 is 0 Å². The van der Waals surface area contributed by atoms with Crippen LogP contribution in [-0.4, -0.2) is 15.9 Å². The van der Waals surface area contributed by atoms with Gasteiger partial charge in [0, 0.05) is 24.8 Å². The van der Waals surface area contributed by atoms with Crippen molar-refractivity contribution in [2.24, 2.45) is 0 Å². The first-order chi connectivity index (χ1) is 7.09. The van der Waals surface area contributed by atoms with E-state index in [9.17, 15) is 9.18 Å². The minimum atomic E-state index is -0.538. The Bertz CT molecular complexity index is 434. The molecule has 0 aliphatic heterocycles. The zero-order valence-electron chi connectivity index (χ0n) is 8.50. The Morgan fingerprint density at radius 3 is 3.07 bits per heavy atom. The molecule has 1 aromatic rings. The molecule has 0 saturated carbocycles. The Kier molecular flexibility index (Phi) is 4.32. The van der Waals surface area contributed by atoms with Crippen LogP contribution in [0.2, 0.25) is 0 Å². The fourth-order valence-electron chi connectivity index (χ4n) is 0.902. The van der Waals surface area contributed by atoms with E-state index in [4.69, 9.17) is 0 Å². The molecule has 0 fully saturated rings. The van der Waals surface area contributed by atoms with Crippen LogP contribution in [-0.2, 0) is 4.79 Å². The smallest absolute Gasteiger partial charge is 0.214 e. The lowest BCUT2D eigenvalue weighted by molar-refractivity contribution is -0.109. The van der Waals surface area contributed by atoms with Crippen LogP contribution in [0.1, 0.15) is 18.1 Å². The van der Waals surface area contributed by atoms with E-state index in [2.05, 4.69) is 16.8 Å². The Hall–Kier alpha value is -1.34. The van der Waals surface area contributed by atoms with Crippen molar-refractivity contribution in [1.29, 1.82) is 0 Å². The third-order valence-corrected chi connectivity index (χ3v) is 2.34. The van der Waals surface area contributed by atoms with E-state index in [1.807, 2.05) is 6.92 Å². The van der Waals surface area contributed by atoms with E-state index in [-0.39, 0.29) is 5.12 Å². The van der Waals surface area contributed by atoms with E-state index in [1.54, 1.807) is 0 Å². The number of carbonyl (C=O) groups excluding carboxylic acids is 1. The number of halogens is 1. The van der Waals surface area contributed by atoms with E-state index < -0.39 is 5.95 Å². The highest BCUT2D eigenvalue weighted by atomic mass is 32.2. The molecule has 1 heterocycles. The van der Waals surface area contributed by atoms with Gasteiger partial charge in [-0.2, -0.15) is 4.39 Å². The lowest BCUT2D eigenvalue weighted by atomic mass is 10.2. The van der Waals surface area contributed by atoms with Gasteiger partial charge >= 0.3 is 0 Å². The van der Waals surface area contributed by atoms with Crippen molar-refractivity contribution in [1.82, 2.24) is 4.98 Å². The number of nitrogens with zero attached hydrogens (tertiary/aromatic N) is 1. The van der Waals surface area contributed by atoms with Crippen molar-refractivity contribution >= 4 is 16.9 Å². The molecular weight excluding hydrogens is 213 g/mol. The van der Waals surface area contributed by atoms with Gasteiger partial charge in [0.25, 0.3) is 0 Å². The first kappa shape index (κ1) is 11.7. The molecule has 0 bridgehead atoms. The summed E-state index contributed by atoms with van der Waals surface area (Å²) in [5.74, 6) is 5.50. The molecule has 0 N–H and O–H groups in total. The van der Waals surface area contributed by atoms with Crippen LogP contribution in [0.25, 0.3) is 0 Å². The maximum Gasteiger partial charge on any atom is 0.214 e. The molecule has 0 radical (unpaired) electrons. The summed E-state index contributed by atoms with van der Waals surface area (Å²) in [6, 6.07) is 1.29. The second kappa shape index (κ2) is 5.52. The summed E-state index contributed by atoms with van der Waals surface area (Å²) in [6.07, 6.45) is 1.44. The number of rotatable bonds is 1. The largest absolute Gasteiger partial charge is 0.288 e. The summed E-state index contributed by atoms with van der Waals surface area (Å²) >= 11 is 1.14. The van der Waals surface area contributed by atoms with Gasteiger partial charge in [0.05, 0.1) is 5.75 Å². The zero-order chi connectivity index (χ0) is 11.3. The molecule has 0 atom stereocenters. The van der Waals surface area contributed by atoms with E-state index in [0.717, 1.165) is 17.3 Å². The molecule has 15 heavy (non-hydrogen) atoms. The number of hydrogen-bond donors (Lipinski definition) is 0. The van der Waals surface area contributed by atoms with Gasteiger partial charge in [-0.25, -0.2) is 4.98 Å². The van der Waals surface area contributed by atoms with Crippen LogP contribution in [0.5, 0.6) is 0 Å². The predicted molar refractivity (Wildman–Crippen MR) is 58.9 cm³/mol. The highest BCUT2D eigenvalue weighted by molar-refractivity contribution is 8.13. The molecule has 2 nitrogen and oxygen atoms in total. The second-order valence-electron chi connectivity index (χ2n) is 2.90. The van der Waals surface area contributed by atoms with Crippen molar-refractivity contribution < 1.29 is 9.18 Å². The van der Waals surface area contributed by atoms with Crippen molar-refractivity contribution in [2.45, 2.75) is 13.8 Å². The maximum atomic E-state index is 12.7. The third kappa shape index (κ3) is 4.13. The molecule has 78 valence electrons. The molecule has 0 amide bonds. The maximum absolute atomic E-state index is 12.7. The zero-order valence-corrected chi connectivity index (χ0v) is 9.32. The summed E-state index contributed by atoms with van der Waals surface area (Å²) in [5.41, 5.74) is 1.45. The summed E-state index contributed by atoms with van der Waals surface area (Å²) < 4.78 is 12.7. The Morgan fingerprint density at radius 1 is 1.67 bits per heavy atom. The molecule has 1 aromatic heterocycles. The second-order valence-corrected chi connectivity index (χ2v) is 4.06. The normalized spacial score (nSPS) is 9.27. The van der Waals surface area contributed by atoms with Gasteiger partial charge in [-0.05, 0) is 12.5 Å². The van der Waals surface area contributed by atoms with Gasteiger partial charge in [0.2, 0.25) is 5.95 Å². The van der Waals surface area contributed by atoms with Crippen LogP contribution < -0.4 is 0 Å². The Morgan fingerprint density at radius 2 is 2.40 bits per heavy atom. The molecular formula is C11H10FNOS. The molecule has 0 saturated heterocycles. The number of pyridine rings is 1. The molecule has 0 aliphatic carbocycles. The first-order valence-corrected chi connectivity index (χ1v) is 5.32. The van der Waals surface area contributed by atoms with Crippen LogP contribution in [0.15, 0.2) is 12.3 Å². The van der Waals surface area contributed by atoms with Gasteiger partial charge in [0.15, 0.2) is 5.12 Å². The molecule has 0 unspecified atom stereocenters. The Balaban J connectivity index is 2.71.